The molecule has 0 heterocycles. The highest BCUT2D eigenvalue weighted by molar-refractivity contribution is 5.97. The number of ether oxygens (including phenoxy) is 1. The lowest BCUT2D eigenvalue weighted by molar-refractivity contribution is 0.00336. The SMILES string of the molecule is O=C(COCO)c1ccccc1F. The van der Waals surface area contributed by atoms with Crippen molar-refractivity contribution in [2.24, 2.45) is 0 Å². The van der Waals surface area contributed by atoms with Crippen LogP contribution >= 0.6 is 0 Å². The van der Waals surface area contributed by atoms with Gasteiger partial charge in [-0.15, -0.1) is 0 Å². The number of carbonyl (C=O) groups excluding carboxylic acids is 1. The Morgan fingerprint density at radius 3 is 2.77 bits per heavy atom. The number of aliphatic hydroxyl groups is 1. The van der Waals surface area contributed by atoms with Crippen LogP contribution in [0, 0.1) is 5.82 Å². The zero-order valence-corrected chi connectivity index (χ0v) is 6.87. The summed E-state index contributed by atoms with van der Waals surface area (Å²) in [5, 5.41) is 8.26. The number of Topliss-reactive ketones (excluding diaryl/α,β-unsaturated/α-hetero) is 1. The topological polar surface area (TPSA) is 46.5 Å². The number of ketones is 1. The lowest BCUT2D eigenvalue weighted by atomic mass is 10.1. The van der Waals surface area contributed by atoms with Crippen LogP contribution in [-0.2, 0) is 4.74 Å². The number of hydrogen-bond acceptors (Lipinski definition) is 3. The molecule has 0 aromatic heterocycles. The minimum atomic E-state index is -0.575. The summed E-state index contributed by atoms with van der Waals surface area (Å²) in [5.74, 6) is -1.05. The van der Waals surface area contributed by atoms with Crippen LogP contribution in [0.2, 0.25) is 0 Å². The summed E-state index contributed by atoms with van der Waals surface area (Å²) in [5.41, 5.74) is -0.0176. The number of carbonyl (C=O) groups is 1. The molecular weight excluding hydrogens is 175 g/mol. The minimum Gasteiger partial charge on any atom is -0.371 e. The second-order valence-corrected chi connectivity index (χ2v) is 2.38. The summed E-state index contributed by atoms with van der Waals surface area (Å²) >= 11 is 0. The minimum absolute atomic E-state index is 0.0176. The average molecular weight is 184 g/mol. The molecule has 0 saturated carbocycles. The molecule has 0 amide bonds. The third kappa shape index (κ3) is 2.61. The molecule has 0 saturated heterocycles. The van der Waals surface area contributed by atoms with Crippen LogP contribution in [-0.4, -0.2) is 24.3 Å². The van der Waals surface area contributed by atoms with Crippen molar-refractivity contribution in [1.29, 1.82) is 0 Å². The Labute approximate surface area is 74.8 Å². The molecule has 0 unspecified atom stereocenters. The van der Waals surface area contributed by atoms with Gasteiger partial charge >= 0.3 is 0 Å². The van der Waals surface area contributed by atoms with E-state index in [0.717, 1.165) is 0 Å². The molecule has 70 valence electrons. The summed E-state index contributed by atoms with van der Waals surface area (Å²) in [7, 11) is 0. The van der Waals surface area contributed by atoms with Gasteiger partial charge in [0.2, 0.25) is 0 Å². The van der Waals surface area contributed by atoms with Crippen LogP contribution in [0.25, 0.3) is 0 Å². The Hall–Kier alpha value is -1.26. The summed E-state index contributed by atoms with van der Waals surface area (Å²) in [6.07, 6.45) is 0. The first-order chi connectivity index (χ1) is 6.25. The van der Waals surface area contributed by atoms with Gasteiger partial charge in [-0.25, -0.2) is 4.39 Å². The molecule has 0 spiro atoms. The highest BCUT2D eigenvalue weighted by atomic mass is 19.1. The Kier molecular flexibility index (Phi) is 3.54. The maximum absolute atomic E-state index is 12.9. The molecule has 3 nitrogen and oxygen atoms in total. The third-order valence-corrected chi connectivity index (χ3v) is 1.50. The quantitative estimate of drug-likeness (QED) is 0.560. The Balaban J connectivity index is 2.71. The fourth-order valence-corrected chi connectivity index (χ4v) is 0.903. The summed E-state index contributed by atoms with van der Waals surface area (Å²) < 4.78 is 17.4. The first-order valence-electron chi connectivity index (χ1n) is 3.72. The Bertz CT molecular complexity index is 299. The van der Waals surface area contributed by atoms with Crippen molar-refractivity contribution < 1.29 is 19.0 Å². The van der Waals surface area contributed by atoms with E-state index in [1.165, 1.54) is 18.2 Å². The van der Waals surface area contributed by atoms with Crippen LogP contribution < -0.4 is 0 Å². The molecule has 1 N–H and O–H groups in total. The van der Waals surface area contributed by atoms with Crippen LogP contribution in [0.15, 0.2) is 24.3 Å². The molecule has 0 bridgehead atoms. The van der Waals surface area contributed by atoms with Gasteiger partial charge in [-0.2, -0.15) is 0 Å². The van der Waals surface area contributed by atoms with Crippen molar-refractivity contribution in [1.82, 2.24) is 0 Å². The van der Waals surface area contributed by atoms with E-state index in [2.05, 4.69) is 4.74 Å². The summed E-state index contributed by atoms with van der Waals surface area (Å²) in [6, 6.07) is 5.64. The Morgan fingerprint density at radius 1 is 1.46 bits per heavy atom. The molecule has 4 heteroatoms. The van der Waals surface area contributed by atoms with Crippen LogP contribution in [0.1, 0.15) is 10.4 Å². The molecule has 1 rings (SSSR count). The first-order valence-corrected chi connectivity index (χ1v) is 3.72. The monoisotopic (exact) mass is 184 g/mol. The van der Waals surface area contributed by atoms with Gasteiger partial charge in [-0.05, 0) is 12.1 Å². The van der Waals surface area contributed by atoms with Gasteiger partial charge in [-0.3, -0.25) is 4.79 Å². The van der Waals surface area contributed by atoms with Gasteiger partial charge in [0.1, 0.15) is 19.2 Å². The number of halogens is 1. The van der Waals surface area contributed by atoms with E-state index in [0.29, 0.717) is 0 Å². The van der Waals surface area contributed by atoms with Gasteiger partial charge in [0.15, 0.2) is 5.78 Å². The van der Waals surface area contributed by atoms with Crippen molar-refractivity contribution >= 4 is 5.78 Å². The molecule has 13 heavy (non-hydrogen) atoms. The van der Waals surface area contributed by atoms with Crippen LogP contribution in [0.3, 0.4) is 0 Å². The molecule has 0 radical (unpaired) electrons. The van der Waals surface area contributed by atoms with E-state index in [-0.39, 0.29) is 12.2 Å². The first kappa shape index (κ1) is 9.83. The smallest absolute Gasteiger partial charge is 0.191 e. The van der Waals surface area contributed by atoms with Crippen molar-refractivity contribution in [2.75, 3.05) is 13.4 Å². The van der Waals surface area contributed by atoms with Crippen LogP contribution in [0.4, 0.5) is 4.39 Å². The summed E-state index contributed by atoms with van der Waals surface area (Å²) in [4.78, 5) is 11.1. The van der Waals surface area contributed by atoms with Gasteiger partial charge in [0.25, 0.3) is 0 Å². The van der Waals surface area contributed by atoms with E-state index >= 15 is 0 Å². The molecule has 1 aromatic rings. The van der Waals surface area contributed by atoms with Crippen molar-refractivity contribution in [3.8, 4) is 0 Å². The summed E-state index contributed by atoms with van der Waals surface area (Å²) in [6.45, 7) is -0.850. The lowest BCUT2D eigenvalue weighted by Crippen LogP contribution is -2.11. The van der Waals surface area contributed by atoms with E-state index in [4.69, 9.17) is 5.11 Å². The van der Waals surface area contributed by atoms with Gasteiger partial charge < -0.3 is 9.84 Å². The van der Waals surface area contributed by atoms with Gasteiger partial charge in [0.05, 0.1) is 5.56 Å². The van der Waals surface area contributed by atoms with Gasteiger partial charge in [0, 0.05) is 0 Å². The maximum atomic E-state index is 12.9. The normalized spacial score (nSPS) is 10.0. The fraction of sp³-hybridized carbons (Fsp3) is 0.222. The molecule has 0 aliphatic rings. The predicted octanol–water partition coefficient (Wildman–Crippen LogP) is 0.975. The number of benzene rings is 1. The van der Waals surface area contributed by atoms with E-state index in [1.54, 1.807) is 6.07 Å². The van der Waals surface area contributed by atoms with E-state index < -0.39 is 18.4 Å². The average Bonchev–Trinajstić information content (AvgIpc) is 2.15. The number of hydrogen-bond donors (Lipinski definition) is 1. The zero-order chi connectivity index (χ0) is 9.68. The lowest BCUT2D eigenvalue weighted by Gasteiger charge is -2.01. The van der Waals surface area contributed by atoms with Crippen molar-refractivity contribution in [3.05, 3.63) is 35.6 Å². The van der Waals surface area contributed by atoms with Crippen LogP contribution in [0.5, 0.6) is 0 Å². The molecule has 0 atom stereocenters. The molecular formula is C9H9FO3. The van der Waals surface area contributed by atoms with E-state index in [9.17, 15) is 9.18 Å². The highest BCUT2D eigenvalue weighted by Crippen LogP contribution is 2.06. The third-order valence-electron chi connectivity index (χ3n) is 1.50. The zero-order valence-electron chi connectivity index (χ0n) is 6.87. The predicted molar refractivity (Wildman–Crippen MR) is 43.8 cm³/mol. The van der Waals surface area contributed by atoms with Crippen molar-refractivity contribution in [2.45, 2.75) is 0 Å². The van der Waals surface area contributed by atoms with Gasteiger partial charge in [-0.1, -0.05) is 12.1 Å². The molecule has 0 fully saturated rings. The highest BCUT2D eigenvalue weighted by Gasteiger charge is 2.09. The largest absolute Gasteiger partial charge is 0.371 e. The second kappa shape index (κ2) is 4.69. The maximum Gasteiger partial charge on any atom is 0.191 e. The van der Waals surface area contributed by atoms with E-state index in [1.807, 2.05) is 0 Å². The fourth-order valence-electron chi connectivity index (χ4n) is 0.903. The molecule has 0 aliphatic carbocycles. The second-order valence-electron chi connectivity index (χ2n) is 2.38. The van der Waals surface area contributed by atoms with Crippen molar-refractivity contribution in [3.63, 3.8) is 0 Å². The standard InChI is InChI=1S/C9H9FO3/c10-8-4-2-1-3-7(8)9(12)5-13-6-11/h1-4,11H,5-6H2. The number of rotatable bonds is 4. The Morgan fingerprint density at radius 2 is 2.15 bits per heavy atom. The molecule has 0 aliphatic heterocycles. The molecule has 1 aromatic carbocycles. The number of aliphatic hydroxyl groups excluding tert-OH is 1.